The van der Waals surface area contributed by atoms with Gasteiger partial charge in [-0.15, -0.1) is 0 Å². The molecule has 0 aliphatic heterocycles. The number of amides is 1. The van der Waals surface area contributed by atoms with Crippen LogP contribution in [0, 0.1) is 10.1 Å². The van der Waals surface area contributed by atoms with Crippen LogP contribution in [-0.4, -0.2) is 33.0 Å². The molecule has 0 unspecified atom stereocenters. The van der Waals surface area contributed by atoms with Gasteiger partial charge in [0.05, 0.1) is 22.2 Å². The highest BCUT2D eigenvalue weighted by Crippen LogP contribution is 2.35. The standard InChI is InChI=1S/C22H20N4O6/c27-20(24-17-7-3-4-8-18(17)26(30)31)13-32-21(28)12-11-19-23-16-6-2-1-5-15(16)22(29)25(19)14-9-10-14/h1-8,14H,9-13H2,(H,24,27). The number of para-hydroxylation sites is 3. The van der Waals surface area contributed by atoms with E-state index in [1.165, 1.54) is 18.2 Å². The summed E-state index contributed by atoms with van der Waals surface area (Å²) in [7, 11) is 0. The summed E-state index contributed by atoms with van der Waals surface area (Å²) in [5.74, 6) is -0.809. The Hall–Kier alpha value is -4.08. The summed E-state index contributed by atoms with van der Waals surface area (Å²) in [4.78, 5) is 52.0. The molecule has 2 aromatic carbocycles. The smallest absolute Gasteiger partial charge is 0.306 e. The molecule has 3 aromatic rings. The molecule has 32 heavy (non-hydrogen) atoms. The summed E-state index contributed by atoms with van der Waals surface area (Å²) in [5.41, 5.74) is 0.215. The molecule has 164 valence electrons. The summed E-state index contributed by atoms with van der Waals surface area (Å²) >= 11 is 0. The molecule has 0 atom stereocenters. The number of fused-ring (bicyclic) bond motifs is 1. The Morgan fingerprint density at radius 3 is 2.62 bits per heavy atom. The average molecular weight is 436 g/mol. The van der Waals surface area contributed by atoms with Gasteiger partial charge in [0.1, 0.15) is 11.5 Å². The molecular weight excluding hydrogens is 416 g/mol. The van der Waals surface area contributed by atoms with E-state index in [9.17, 15) is 24.5 Å². The highest BCUT2D eigenvalue weighted by Gasteiger charge is 2.28. The number of aromatic nitrogens is 2. The summed E-state index contributed by atoms with van der Waals surface area (Å²) in [6, 6.07) is 12.8. The molecule has 1 aliphatic carbocycles. The molecule has 0 radical (unpaired) electrons. The number of nitro groups is 1. The van der Waals surface area contributed by atoms with Crippen LogP contribution in [0.25, 0.3) is 10.9 Å². The molecule has 0 saturated heterocycles. The highest BCUT2D eigenvalue weighted by atomic mass is 16.6. The fourth-order valence-electron chi connectivity index (χ4n) is 3.43. The lowest BCUT2D eigenvalue weighted by Crippen LogP contribution is -2.26. The Kier molecular flexibility index (Phi) is 5.93. The SMILES string of the molecule is O=C(COC(=O)CCc1nc2ccccc2c(=O)n1C1CC1)Nc1ccccc1[N+](=O)[O-]. The van der Waals surface area contributed by atoms with Crippen molar-refractivity contribution in [3.05, 3.63) is 74.8 Å². The topological polar surface area (TPSA) is 133 Å². The maximum Gasteiger partial charge on any atom is 0.306 e. The van der Waals surface area contributed by atoms with Crippen LogP contribution in [-0.2, 0) is 20.7 Å². The van der Waals surface area contributed by atoms with Crippen molar-refractivity contribution in [1.29, 1.82) is 0 Å². The second-order valence-corrected chi connectivity index (χ2v) is 7.43. The first-order valence-electron chi connectivity index (χ1n) is 10.1. The maximum absolute atomic E-state index is 12.8. The van der Waals surface area contributed by atoms with E-state index < -0.39 is 23.4 Å². The van der Waals surface area contributed by atoms with Crippen LogP contribution < -0.4 is 10.9 Å². The van der Waals surface area contributed by atoms with Gasteiger partial charge in [-0.2, -0.15) is 0 Å². The van der Waals surface area contributed by atoms with Crippen LogP contribution in [0.15, 0.2) is 53.3 Å². The van der Waals surface area contributed by atoms with Gasteiger partial charge in [0.15, 0.2) is 6.61 Å². The molecule has 0 bridgehead atoms. The van der Waals surface area contributed by atoms with Crippen molar-refractivity contribution in [2.24, 2.45) is 0 Å². The van der Waals surface area contributed by atoms with Crippen LogP contribution in [0.1, 0.15) is 31.1 Å². The van der Waals surface area contributed by atoms with Gasteiger partial charge in [0.2, 0.25) is 0 Å². The number of rotatable bonds is 8. The Balaban J connectivity index is 1.37. The molecular formula is C22H20N4O6. The maximum atomic E-state index is 12.8. The quantitative estimate of drug-likeness (QED) is 0.326. The van der Waals surface area contributed by atoms with Gasteiger partial charge in [-0.3, -0.25) is 29.1 Å². The Bertz CT molecular complexity index is 1260. The third-order valence-corrected chi connectivity index (χ3v) is 5.08. The van der Waals surface area contributed by atoms with E-state index >= 15 is 0 Å². The van der Waals surface area contributed by atoms with Crippen molar-refractivity contribution in [1.82, 2.24) is 9.55 Å². The average Bonchev–Trinajstić information content (AvgIpc) is 3.61. The molecule has 10 nitrogen and oxygen atoms in total. The summed E-state index contributed by atoms with van der Waals surface area (Å²) in [6.45, 7) is -0.578. The summed E-state index contributed by atoms with van der Waals surface area (Å²) < 4.78 is 6.65. The number of nitrogens with zero attached hydrogens (tertiary/aromatic N) is 3. The van der Waals surface area contributed by atoms with Crippen molar-refractivity contribution < 1.29 is 19.2 Å². The number of hydrogen-bond acceptors (Lipinski definition) is 7. The van der Waals surface area contributed by atoms with Gasteiger partial charge in [-0.1, -0.05) is 24.3 Å². The van der Waals surface area contributed by atoms with E-state index in [-0.39, 0.29) is 35.8 Å². The van der Waals surface area contributed by atoms with Crippen molar-refractivity contribution in [3.8, 4) is 0 Å². The van der Waals surface area contributed by atoms with Crippen LogP contribution in [0.4, 0.5) is 11.4 Å². The van der Waals surface area contributed by atoms with E-state index in [2.05, 4.69) is 10.3 Å². The molecule has 4 rings (SSSR count). The molecule has 0 spiro atoms. The second-order valence-electron chi connectivity index (χ2n) is 7.43. The van der Waals surface area contributed by atoms with E-state index in [0.29, 0.717) is 16.7 Å². The minimum Gasteiger partial charge on any atom is -0.456 e. The third-order valence-electron chi connectivity index (χ3n) is 5.08. The van der Waals surface area contributed by atoms with Gasteiger partial charge in [0, 0.05) is 18.5 Å². The number of aryl methyl sites for hydroxylation is 1. The number of hydrogen-bond donors (Lipinski definition) is 1. The van der Waals surface area contributed by atoms with Gasteiger partial charge in [-0.25, -0.2) is 4.98 Å². The fourth-order valence-corrected chi connectivity index (χ4v) is 3.43. The van der Waals surface area contributed by atoms with Crippen molar-refractivity contribution in [3.63, 3.8) is 0 Å². The zero-order chi connectivity index (χ0) is 22.7. The molecule has 1 saturated carbocycles. The first-order valence-corrected chi connectivity index (χ1v) is 10.1. The van der Waals surface area contributed by atoms with E-state index in [1.54, 1.807) is 34.9 Å². The predicted molar refractivity (Wildman–Crippen MR) is 115 cm³/mol. The first-order chi connectivity index (χ1) is 15.4. The molecule has 1 heterocycles. The second kappa shape index (κ2) is 8.96. The van der Waals surface area contributed by atoms with Gasteiger partial charge in [0.25, 0.3) is 17.2 Å². The lowest BCUT2D eigenvalue weighted by Gasteiger charge is -2.12. The van der Waals surface area contributed by atoms with Gasteiger partial charge in [-0.05, 0) is 31.0 Å². The van der Waals surface area contributed by atoms with Gasteiger partial charge >= 0.3 is 5.97 Å². The zero-order valence-electron chi connectivity index (χ0n) is 17.0. The lowest BCUT2D eigenvalue weighted by molar-refractivity contribution is -0.383. The minimum absolute atomic E-state index is 0.0207. The molecule has 1 aliphatic rings. The number of carbonyl (C=O) groups excluding carboxylic acids is 2. The van der Waals surface area contributed by atoms with Crippen molar-refractivity contribution in [2.75, 3.05) is 11.9 Å². The van der Waals surface area contributed by atoms with Crippen LogP contribution in [0.2, 0.25) is 0 Å². The summed E-state index contributed by atoms with van der Waals surface area (Å²) in [6.07, 6.45) is 1.92. The first kappa shape index (κ1) is 21.2. The van der Waals surface area contributed by atoms with Crippen LogP contribution >= 0.6 is 0 Å². The number of nitrogens with one attached hydrogen (secondary N) is 1. The largest absolute Gasteiger partial charge is 0.456 e. The van der Waals surface area contributed by atoms with Crippen LogP contribution in [0.5, 0.6) is 0 Å². The molecule has 1 N–H and O–H groups in total. The Morgan fingerprint density at radius 1 is 1.16 bits per heavy atom. The van der Waals surface area contributed by atoms with E-state index in [0.717, 1.165) is 12.8 Å². The predicted octanol–water partition coefficient (Wildman–Crippen LogP) is 2.75. The normalized spacial score (nSPS) is 13.0. The van der Waals surface area contributed by atoms with E-state index in [4.69, 9.17) is 4.74 Å². The number of anilines is 1. The molecule has 1 fully saturated rings. The summed E-state index contributed by atoms with van der Waals surface area (Å²) in [5, 5.41) is 13.9. The number of nitro benzene ring substituents is 1. The molecule has 10 heteroatoms. The number of ether oxygens (including phenoxy) is 1. The number of esters is 1. The fraction of sp³-hybridized carbons (Fsp3) is 0.273. The molecule has 1 aromatic heterocycles. The van der Waals surface area contributed by atoms with Crippen LogP contribution in [0.3, 0.4) is 0 Å². The monoisotopic (exact) mass is 436 g/mol. The van der Waals surface area contributed by atoms with Crippen molar-refractivity contribution in [2.45, 2.75) is 31.7 Å². The Labute approximate surface area is 182 Å². The van der Waals surface area contributed by atoms with Gasteiger partial charge < -0.3 is 10.1 Å². The Morgan fingerprint density at radius 2 is 1.88 bits per heavy atom. The van der Waals surface area contributed by atoms with E-state index in [1.807, 2.05) is 0 Å². The minimum atomic E-state index is -0.689. The number of carbonyl (C=O) groups is 2. The molecule has 1 amide bonds. The third kappa shape index (κ3) is 4.64. The number of benzene rings is 2. The zero-order valence-corrected chi connectivity index (χ0v) is 17.0. The van der Waals surface area contributed by atoms with Crippen molar-refractivity contribution >= 4 is 34.2 Å². The highest BCUT2D eigenvalue weighted by molar-refractivity contribution is 5.94. The lowest BCUT2D eigenvalue weighted by atomic mass is 10.2.